The van der Waals surface area contributed by atoms with Crippen LogP contribution in [0.1, 0.15) is 16.5 Å². The van der Waals surface area contributed by atoms with Gasteiger partial charge in [0.1, 0.15) is 5.03 Å². The molecule has 1 aromatic rings. The van der Waals surface area contributed by atoms with Crippen molar-refractivity contribution in [1.29, 1.82) is 0 Å². The maximum atomic E-state index is 11.1. The van der Waals surface area contributed by atoms with E-state index in [1.165, 1.54) is 13.2 Å². The third-order valence-corrected chi connectivity index (χ3v) is 2.80. The van der Waals surface area contributed by atoms with E-state index < -0.39 is 11.3 Å². The van der Waals surface area contributed by atoms with Gasteiger partial charge in [-0.1, -0.05) is 35.9 Å². The normalized spacial score (nSPS) is 13.4. The van der Waals surface area contributed by atoms with E-state index in [1.807, 2.05) is 31.2 Å². The Labute approximate surface area is 105 Å². The number of hydrogen-bond donors (Lipinski definition) is 0. The summed E-state index contributed by atoms with van der Waals surface area (Å²) in [4.78, 5) is 11.1. The van der Waals surface area contributed by atoms with Gasteiger partial charge in [-0.2, -0.15) is 0 Å². The fourth-order valence-corrected chi connectivity index (χ4v) is 1.92. The van der Waals surface area contributed by atoms with Crippen LogP contribution in [0.15, 0.2) is 35.4 Å². The topological polar surface area (TPSA) is 26.3 Å². The number of aryl methyl sites for hydroxylation is 1. The van der Waals surface area contributed by atoms with Gasteiger partial charge in [0.25, 0.3) is 0 Å². The average Bonchev–Trinajstić information content (AvgIpc) is 2.28. The first-order chi connectivity index (χ1) is 7.56. The first-order valence-corrected chi connectivity index (χ1v) is 5.53. The molecule has 0 aliphatic heterocycles. The summed E-state index contributed by atoms with van der Waals surface area (Å²) in [5.74, 6) is -0.582. The summed E-state index contributed by atoms with van der Waals surface area (Å²) in [6.45, 7) is 1.95. The Kier molecular flexibility index (Phi) is 4.84. The maximum Gasteiger partial charge on any atom is 0.349 e. The highest BCUT2D eigenvalue weighted by atomic mass is 35.5. The van der Waals surface area contributed by atoms with E-state index in [1.54, 1.807) is 0 Å². The second kappa shape index (κ2) is 5.92. The molecule has 0 aliphatic rings. The predicted molar refractivity (Wildman–Crippen MR) is 65.7 cm³/mol. The number of esters is 1. The minimum atomic E-state index is -0.582. The number of alkyl halides is 1. The van der Waals surface area contributed by atoms with Gasteiger partial charge in [0, 0.05) is 0 Å². The van der Waals surface area contributed by atoms with Gasteiger partial charge in [-0.15, -0.1) is 11.6 Å². The lowest BCUT2D eigenvalue weighted by Crippen LogP contribution is -2.01. The summed E-state index contributed by atoms with van der Waals surface area (Å²) in [7, 11) is 1.27. The van der Waals surface area contributed by atoms with Gasteiger partial charge in [-0.05, 0) is 24.1 Å². The minimum Gasteiger partial charge on any atom is -0.465 e. The Morgan fingerprint density at radius 3 is 2.62 bits per heavy atom. The minimum absolute atomic E-state index is 0.00856. The van der Waals surface area contributed by atoms with Gasteiger partial charge in [0.15, 0.2) is 0 Å². The lowest BCUT2D eigenvalue weighted by Gasteiger charge is -2.08. The summed E-state index contributed by atoms with van der Waals surface area (Å²) in [6.07, 6.45) is 1.47. The monoisotopic (exact) mass is 258 g/mol. The predicted octanol–water partition coefficient (Wildman–Crippen LogP) is 3.57. The third-order valence-electron chi connectivity index (χ3n) is 2.16. The van der Waals surface area contributed by atoms with Crippen LogP contribution in [-0.4, -0.2) is 13.1 Å². The molecular formula is C12H12Cl2O2. The number of carbonyl (C=O) groups is 1. The van der Waals surface area contributed by atoms with Gasteiger partial charge in [-0.25, -0.2) is 4.79 Å². The van der Waals surface area contributed by atoms with Crippen molar-refractivity contribution in [2.24, 2.45) is 0 Å². The number of carbonyl (C=O) groups excluding carboxylic acids is 1. The van der Waals surface area contributed by atoms with Gasteiger partial charge < -0.3 is 4.74 Å². The van der Waals surface area contributed by atoms with Crippen molar-refractivity contribution >= 4 is 29.2 Å². The Hall–Kier alpha value is -0.990. The van der Waals surface area contributed by atoms with E-state index in [2.05, 4.69) is 4.74 Å². The Bertz CT molecular complexity index is 413. The first kappa shape index (κ1) is 13.1. The van der Waals surface area contributed by atoms with Crippen molar-refractivity contribution in [2.45, 2.75) is 12.3 Å². The summed E-state index contributed by atoms with van der Waals surface area (Å²) >= 11 is 11.9. The smallest absolute Gasteiger partial charge is 0.349 e. The third kappa shape index (κ3) is 3.26. The van der Waals surface area contributed by atoms with E-state index >= 15 is 0 Å². The number of rotatable bonds is 3. The molecular weight excluding hydrogens is 247 g/mol. The largest absolute Gasteiger partial charge is 0.465 e. The van der Waals surface area contributed by atoms with Crippen molar-refractivity contribution < 1.29 is 9.53 Å². The average molecular weight is 259 g/mol. The van der Waals surface area contributed by atoms with Crippen LogP contribution in [0.3, 0.4) is 0 Å². The maximum absolute atomic E-state index is 11.1. The molecule has 0 aromatic heterocycles. The number of ether oxygens (including phenoxy) is 1. The molecule has 16 heavy (non-hydrogen) atoms. The zero-order chi connectivity index (χ0) is 12.1. The molecule has 86 valence electrons. The molecule has 0 bridgehead atoms. The molecule has 0 fully saturated rings. The van der Waals surface area contributed by atoms with Crippen LogP contribution in [0, 0.1) is 6.92 Å². The first-order valence-electron chi connectivity index (χ1n) is 4.71. The zero-order valence-electron chi connectivity index (χ0n) is 9.04. The molecule has 0 N–H and O–H groups in total. The highest BCUT2D eigenvalue weighted by Gasteiger charge is 2.12. The molecule has 0 amide bonds. The van der Waals surface area contributed by atoms with Gasteiger partial charge in [0.05, 0.1) is 12.5 Å². The Balaban J connectivity index is 2.92. The molecule has 1 aromatic carbocycles. The summed E-state index contributed by atoms with van der Waals surface area (Å²) in [5.41, 5.74) is 1.97. The number of allylic oxidation sites excluding steroid dienone is 1. The number of methoxy groups -OCH3 is 1. The number of benzene rings is 1. The quantitative estimate of drug-likeness (QED) is 0.471. The van der Waals surface area contributed by atoms with Crippen LogP contribution in [0.2, 0.25) is 0 Å². The molecule has 0 saturated heterocycles. The highest BCUT2D eigenvalue weighted by molar-refractivity contribution is 6.41. The van der Waals surface area contributed by atoms with Gasteiger partial charge in [-0.3, -0.25) is 0 Å². The fraction of sp³-hybridized carbons (Fsp3) is 0.250. The number of halogens is 2. The molecule has 0 unspecified atom stereocenters. The molecule has 0 heterocycles. The van der Waals surface area contributed by atoms with Crippen molar-refractivity contribution in [2.75, 3.05) is 7.11 Å². The lowest BCUT2D eigenvalue weighted by atomic mass is 10.1. The van der Waals surface area contributed by atoms with E-state index in [0.29, 0.717) is 0 Å². The number of hydrogen-bond acceptors (Lipinski definition) is 2. The summed E-state index contributed by atoms with van der Waals surface area (Å²) < 4.78 is 4.48. The second-order valence-corrected chi connectivity index (χ2v) is 4.14. The molecule has 0 aliphatic carbocycles. The van der Waals surface area contributed by atoms with Crippen molar-refractivity contribution in [3.63, 3.8) is 0 Å². The summed E-state index contributed by atoms with van der Waals surface area (Å²) in [6, 6.07) is 7.65. The molecule has 0 radical (unpaired) electrons. The van der Waals surface area contributed by atoms with Crippen molar-refractivity contribution in [3.05, 3.63) is 46.5 Å². The van der Waals surface area contributed by atoms with Crippen LogP contribution in [0.25, 0.3) is 0 Å². The Morgan fingerprint density at radius 2 is 2.06 bits per heavy atom. The van der Waals surface area contributed by atoms with Gasteiger partial charge in [0.2, 0.25) is 0 Å². The van der Waals surface area contributed by atoms with E-state index in [-0.39, 0.29) is 5.03 Å². The van der Waals surface area contributed by atoms with Crippen molar-refractivity contribution in [1.82, 2.24) is 0 Å². The standard InChI is InChI=1S/C12H12Cl2O2/c1-8-5-3-4-6-9(8)10(13)7-11(14)12(15)16-2/h3-7,10H,1-2H3/b11-7-/t10-/m0/s1. The zero-order valence-corrected chi connectivity index (χ0v) is 10.5. The van der Waals surface area contributed by atoms with Crippen LogP contribution < -0.4 is 0 Å². The van der Waals surface area contributed by atoms with Crippen molar-refractivity contribution in [3.8, 4) is 0 Å². The molecule has 1 rings (SSSR count). The van der Waals surface area contributed by atoms with E-state index in [4.69, 9.17) is 23.2 Å². The van der Waals surface area contributed by atoms with Crippen LogP contribution in [0.4, 0.5) is 0 Å². The molecule has 0 saturated carbocycles. The second-order valence-electron chi connectivity index (χ2n) is 3.26. The molecule has 0 spiro atoms. The summed E-state index contributed by atoms with van der Waals surface area (Å²) in [5, 5.41) is -0.446. The Morgan fingerprint density at radius 1 is 1.44 bits per heavy atom. The molecule has 2 nitrogen and oxygen atoms in total. The van der Waals surface area contributed by atoms with E-state index in [0.717, 1.165) is 11.1 Å². The van der Waals surface area contributed by atoms with Crippen LogP contribution in [0.5, 0.6) is 0 Å². The van der Waals surface area contributed by atoms with Crippen LogP contribution in [-0.2, 0) is 9.53 Å². The fourth-order valence-electron chi connectivity index (χ4n) is 1.28. The lowest BCUT2D eigenvalue weighted by molar-refractivity contribution is -0.135. The molecule has 4 heteroatoms. The van der Waals surface area contributed by atoms with Crippen LogP contribution >= 0.6 is 23.2 Å². The van der Waals surface area contributed by atoms with Gasteiger partial charge >= 0.3 is 5.97 Å². The van der Waals surface area contributed by atoms with E-state index in [9.17, 15) is 4.79 Å². The molecule has 1 atom stereocenters. The SMILES string of the molecule is COC(=O)/C(Cl)=C/[C@H](Cl)c1ccccc1C. The highest BCUT2D eigenvalue weighted by Crippen LogP contribution is 2.27.